The third-order valence-electron chi connectivity index (χ3n) is 3.57. The van der Waals surface area contributed by atoms with Crippen molar-refractivity contribution in [3.8, 4) is 5.75 Å². The van der Waals surface area contributed by atoms with Crippen LogP contribution in [0.3, 0.4) is 0 Å². The van der Waals surface area contributed by atoms with Gasteiger partial charge in [0.25, 0.3) is 0 Å². The summed E-state index contributed by atoms with van der Waals surface area (Å²) in [6.45, 7) is 0. The molecule has 136 valence electrons. The van der Waals surface area contributed by atoms with Crippen LogP contribution in [0.15, 0.2) is 59.0 Å². The number of nitrogens with two attached hydrogens (primary N) is 1. The molecule has 3 aromatic rings. The Bertz CT molecular complexity index is 888. The number of hydrogen-bond acceptors (Lipinski definition) is 4. The van der Waals surface area contributed by atoms with E-state index in [4.69, 9.17) is 10.2 Å². The summed E-state index contributed by atoms with van der Waals surface area (Å²) in [4.78, 5) is 12.2. The number of carbonyl (C=O) groups is 1. The SMILES string of the molecule is N[C@H](Cc1cc2ccccc2o1)C(=O)Nc1cccc(OC(F)(F)F)c1. The molecule has 1 atom stereocenters. The van der Waals surface area contributed by atoms with Gasteiger partial charge < -0.3 is 20.2 Å². The summed E-state index contributed by atoms with van der Waals surface area (Å²) in [7, 11) is 0. The van der Waals surface area contributed by atoms with Crippen molar-refractivity contribution in [2.75, 3.05) is 5.32 Å². The molecule has 3 N–H and O–H groups in total. The number of benzene rings is 2. The molecule has 0 aliphatic carbocycles. The number of amides is 1. The predicted molar refractivity (Wildman–Crippen MR) is 89.6 cm³/mol. The third-order valence-corrected chi connectivity index (χ3v) is 3.57. The minimum absolute atomic E-state index is 0.150. The van der Waals surface area contributed by atoms with Crippen LogP contribution in [-0.4, -0.2) is 18.3 Å². The quantitative estimate of drug-likeness (QED) is 0.721. The topological polar surface area (TPSA) is 77.5 Å². The highest BCUT2D eigenvalue weighted by Crippen LogP contribution is 2.25. The lowest BCUT2D eigenvalue weighted by Gasteiger charge is -2.13. The Morgan fingerprint density at radius 2 is 1.92 bits per heavy atom. The molecule has 26 heavy (non-hydrogen) atoms. The third kappa shape index (κ3) is 4.54. The van der Waals surface area contributed by atoms with Gasteiger partial charge in [-0.15, -0.1) is 13.2 Å². The number of alkyl halides is 3. The molecule has 3 rings (SSSR count). The molecule has 0 fully saturated rings. The number of fused-ring (bicyclic) bond motifs is 1. The second kappa shape index (κ2) is 7.09. The first kappa shape index (κ1) is 17.8. The molecule has 0 aliphatic rings. The minimum Gasteiger partial charge on any atom is -0.461 e. The van der Waals surface area contributed by atoms with Crippen molar-refractivity contribution in [2.45, 2.75) is 18.8 Å². The van der Waals surface area contributed by atoms with E-state index in [0.29, 0.717) is 11.3 Å². The van der Waals surface area contributed by atoms with Crippen LogP contribution in [0, 0.1) is 0 Å². The zero-order chi connectivity index (χ0) is 18.7. The van der Waals surface area contributed by atoms with E-state index in [-0.39, 0.29) is 12.1 Å². The first-order chi connectivity index (χ1) is 12.3. The fraction of sp³-hybridized carbons (Fsp3) is 0.167. The smallest absolute Gasteiger partial charge is 0.461 e. The van der Waals surface area contributed by atoms with Crippen LogP contribution in [0.4, 0.5) is 18.9 Å². The summed E-state index contributed by atoms with van der Waals surface area (Å²) in [5, 5.41) is 3.36. The summed E-state index contributed by atoms with van der Waals surface area (Å²) in [6.07, 6.45) is -4.65. The van der Waals surface area contributed by atoms with E-state index < -0.39 is 24.1 Å². The molecular formula is C18H15F3N2O3. The van der Waals surface area contributed by atoms with Gasteiger partial charge in [-0.2, -0.15) is 0 Å². The second-order valence-corrected chi connectivity index (χ2v) is 5.63. The van der Waals surface area contributed by atoms with E-state index in [2.05, 4.69) is 10.1 Å². The van der Waals surface area contributed by atoms with Crippen molar-refractivity contribution in [3.63, 3.8) is 0 Å². The van der Waals surface area contributed by atoms with Gasteiger partial charge in [0, 0.05) is 23.6 Å². The highest BCUT2D eigenvalue weighted by Gasteiger charge is 2.31. The Balaban J connectivity index is 1.64. The molecule has 1 aromatic heterocycles. The van der Waals surface area contributed by atoms with Crippen molar-refractivity contribution in [3.05, 3.63) is 60.4 Å². The number of carbonyl (C=O) groups excluding carboxylic acids is 1. The molecule has 0 radical (unpaired) electrons. The summed E-state index contributed by atoms with van der Waals surface area (Å²) in [6, 6.07) is 13.2. The van der Waals surface area contributed by atoms with Gasteiger partial charge in [-0.3, -0.25) is 4.79 Å². The Kier molecular flexibility index (Phi) is 4.85. The zero-order valence-electron chi connectivity index (χ0n) is 13.4. The van der Waals surface area contributed by atoms with Gasteiger partial charge in [-0.1, -0.05) is 24.3 Å². The Hall–Kier alpha value is -3.00. The van der Waals surface area contributed by atoms with E-state index >= 15 is 0 Å². The molecule has 0 aliphatic heterocycles. The fourth-order valence-electron chi connectivity index (χ4n) is 2.45. The van der Waals surface area contributed by atoms with Gasteiger partial charge in [0.05, 0.1) is 6.04 Å². The van der Waals surface area contributed by atoms with E-state index in [9.17, 15) is 18.0 Å². The van der Waals surface area contributed by atoms with Gasteiger partial charge in [0.2, 0.25) is 5.91 Å². The zero-order valence-corrected chi connectivity index (χ0v) is 13.4. The number of halogens is 3. The van der Waals surface area contributed by atoms with E-state index in [1.54, 1.807) is 12.1 Å². The lowest BCUT2D eigenvalue weighted by Crippen LogP contribution is -2.37. The first-order valence-corrected chi connectivity index (χ1v) is 7.70. The maximum atomic E-state index is 12.3. The largest absolute Gasteiger partial charge is 0.573 e. The molecule has 1 amide bonds. The van der Waals surface area contributed by atoms with Crippen LogP contribution >= 0.6 is 0 Å². The number of ether oxygens (including phenoxy) is 1. The predicted octanol–water partition coefficient (Wildman–Crippen LogP) is 3.84. The van der Waals surface area contributed by atoms with E-state index in [0.717, 1.165) is 17.5 Å². The summed E-state index contributed by atoms with van der Waals surface area (Å²) < 4.78 is 46.2. The highest BCUT2D eigenvalue weighted by atomic mass is 19.4. The van der Waals surface area contributed by atoms with Crippen molar-refractivity contribution >= 4 is 22.6 Å². The summed E-state index contributed by atoms with van der Waals surface area (Å²) >= 11 is 0. The normalized spacial score (nSPS) is 12.8. The lowest BCUT2D eigenvalue weighted by molar-refractivity contribution is -0.274. The van der Waals surface area contributed by atoms with Crippen molar-refractivity contribution in [1.82, 2.24) is 0 Å². The molecular weight excluding hydrogens is 349 g/mol. The Morgan fingerprint density at radius 3 is 2.65 bits per heavy atom. The maximum Gasteiger partial charge on any atom is 0.573 e. The molecule has 8 heteroatoms. The van der Waals surface area contributed by atoms with Gasteiger partial charge in [0.1, 0.15) is 17.1 Å². The number of furan rings is 1. The number of hydrogen-bond donors (Lipinski definition) is 2. The van der Waals surface area contributed by atoms with Crippen LogP contribution < -0.4 is 15.8 Å². The van der Waals surface area contributed by atoms with Crippen LogP contribution in [0.25, 0.3) is 11.0 Å². The molecule has 2 aromatic carbocycles. The standard InChI is InChI=1S/C18H15F3N2O3/c19-18(20,21)26-13-6-3-5-12(9-13)23-17(24)15(22)10-14-8-11-4-1-2-7-16(11)25-14/h1-9,15H,10,22H2,(H,23,24)/t15-/m1/s1. The Labute approximate surface area is 146 Å². The van der Waals surface area contributed by atoms with Gasteiger partial charge in [0.15, 0.2) is 0 Å². The minimum atomic E-state index is -4.81. The second-order valence-electron chi connectivity index (χ2n) is 5.63. The number of para-hydroxylation sites is 1. The molecule has 1 heterocycles. The molecule has 0 spiro atoms. The molecule has 0 saturated carbocycles. The van der Waals surface area contributed by atoms with E-state index in [1.165, 1.54) is 12.1 Å². The number of rotatable bonds is 5. The average Bonchev–Trinajstić information content (AvgIpc) is 2.95. The number of nitrogens with one attached hydrogen (secondary N) is 1. The van der Waals surface area contributed by atoms with Gasteiger partial charge in [-0.05, 0) is 24.3 Å². The van der Waals surface area contributed by atoms with Gasteiger partial charge in [-0.25, -0.2) is 0 Å². The fourth-order valence-corrected chi connectivity index (χ4v) is 2.45. The van der Waals surface area contributed by atoms with Crippen molar-refractivity contribution < 1.29 is 27.1 Å². The first-order valence-electron chi connectivity index (χ1n) is 7.70. The summed E-state index contributed by atoms with van der Waals surface area (Å²) in [5.41, 5.74) is 6.71. The lowest BCUT2D eigenvalue weighted by atomic mass is 10.1. The monoisotopic (exact) mass is 364 g/mol. The van der Waals surface area contributed by atoms with Crippen molar-refractivity contribution in [2.24, 2.45) is 5.73 Å². The maximum absolute atomic E-state index is 12.3. The van der Waals surface area contributed by atoms with Crippen LogP contribution in [0.1, 0.15) is 5.76 Å². The van der Waals surface area contributed by atoms with E-state index in [1.807, 2.05) is 18.2 Å². The molecule has 0 unspecified atom stereocenters. The van der Waals surface area contributed by atoms with Crippen LogP contribution in [0.5, 0.6) is 5.75 Å². The highest BCUT2D eigenvalue weighted by molar-refractivity contribution is 5.95. The van der Waals surface area contributed by atoms with Crippen LogP contribution in [-0.2, 0) is 11.2 Å². The summed E-state index contributed by atoms with van der Waals surface area (Å²) in [5.74, 6) is -0.432. The molecule has 5 nitrogen and oxygen atoms in total. The van der Waals surface area contributed by atoms with Gasteiger partial charge >= 0.3 is 6.36 Å². The average molecular weight is 364 g/mol. The Morgan fingerprint density at radius 1 is 1.15 bits per heavy atom. The number of anilines is 1. The van der Waals surface area contributed by atoms with Crippen LogP contribution in [0.2, 0.25) is 0 Å². The van der Waals surface area contributed by atoms with Crippen molar-refractivity contribution in [1.29, 1.82) is 0 Å². The molecule has 0 bridgehead atoms. The molecule has 0 saturated heterocycles.